The van der Waals surface area contributed by atoms with Crippen molar-refractivity contribution in [1.29, 1.82) is 5.26 Å². The highest BCUT2D eigenvalue weighted by Crippen LogP contribution is 2.37. The average molecular weight is 420 g/mol. The van der Waals surface area contributed by atoms with Gasteiger partial charge in [0.15, 0.2) is 0 Å². The predicted molar refractivity (Wildman–Crippen MR) is 116 cm³/mol. The Kier molecular flexibility index (Phi) is 6.41. The van der Waals surface area contributed by atoms with Gasteiger partial charge >= 0.3 is 0 Å². The van der Waals surface area contributed by atoms with Crippen molar-refractivity contribution in [2.75, 3.05) is 13.1 Å². The van der Waals surface area contributed by atoms with E-state index in [1.807, 2.05) is 41.3 Å². The second kappa shape index (κ2) is 9.38. The van der Waals surface area contributed by atoms with Crippen molar-refractivity contribution >= 4 is 11.8 Å². The van der Waals surface area contributed by atoms with Crippen LogP contribution in [0.1, 0.15) is 49.8 Å². The summed E-state index contributed by atoms with van der Waals surface area (Å²) >= 11 is 0. The lowest BCUT2D eigenvalue weighted by atomic mass is 9.73. The highest BCUT2D eigenvalue weighted by Gasteiger charge is 2.42. The van der Waals surface area contributed by atoms with Gasteiger partial charge in [0, 0.05) is 24.9 Å². The smallest absolute Gasteiger partial charge is 0.226 e. The van der Waals surface area contributed by atoms with Gasteiger partial charge in [0.1, 0.15) is 5.76 Å². The van der Waals surface area contributed by atoms with Crippen LogP contribution in [0.25, 0.3) is 0 Å². The molecule has 2 atom stereocenters. The summed E-state index contributed by atoms with van der Waals surface area (Å²) in [5, 5.41) is 12.8. The zero-order valence-electron chi connectivity index (χ0n) is 17.8. The lowest BCUT2D eigenvalue weighted by Gasteiger charge is -2.40. The van der Waals surface area contributed by atoms with Crippen molar-refractivity contribution in [3.63, 3.8) is 0 Å². The SMILES string of the molecule is N#CC1(c2ccccc2)CCN(C(=O)C2CCCCC2C(=O)NCc2ccco2)CC1. The number of piperidine rings is 1. The minimum atomic E-state index is -0.537. The molecule has 1 aromatic heterocycles. The highest BCUT2D eigenvalue weighted by atomic mass is 16.3. The molecule has 2 unspecified atom stereocenters. The molecule has 1 aliphatic heterocycles. The third-order valence-electron chi connectivity index (χ3n) is 6.91. The third-order valence-corrected chi connectivity index (χ3v) is 6.91. The molecular formula is C25H29N3O3. The molecule has 6 nitrogen and oxygen atoms in total. The standard InChI is InChI=1S/C25H29N3O3/c26-18-25(19-7-2-1-3-8-19)12-14-28(15-13-25)24(30)22-11-5-4-10-21(22)23(29)27-17-20-9-6-16-31-20/h1-3,6-9,16,21-22H,4-5,10-15,17H2,(H,27,29). The van der Waals surface area contributed by atoms with Crippen molar-refractivity contribution in [1.82, 2.24) is 10.2 Å². The first-order valence-electron chi connectivity index (χ1n) is 11.2. The molecule has 1 saturated carbocycles. The fourth-order valence-corrected chi connectivity index (χ4v) is 5.02. The van der Waals surface area contributed by atoms with Gasteiger partial charge in [-0.3, -0.25) is 9.59 Å². The first-order chi connectivity index (χ1) is 15.1. The molecule has 31 heavy (non-hydrogen) atoms. The van der Waals surface area contributed by atoms with E-state index in [1.54, 1.807) is 12.3 Å². The van der Waals surface area contributed by atoms with E-state index in [0.717, 1.165) is 31.2 Å². The number of hydrogen-bond donors (Lipinski definition) is 1. The molecular weight excluding hydrogens is 390 g/mol. The van der Waals surface area contributed by atoms with E-state index in [1.165, 1.54) is 0 Å². The molecule has 162 valence electrons. The lowest BCUT2D eigenvalue weighted by molar-refractivity contribution is -0.144. The molecule has 1 N–H and O–H groups in total. The monoisotopic (exact) mass is 419 g/mol. The molecule has 2 amide bonds. The number of carbonyl (C=O) groups is 2. The van der Waals surface area contributed by atoms with Crippen LogP contribution in [0.5, 0.6) is 0 Å². The summed E-state index contributed by atoms with van der Waals surface area (Å²) in [5.41, 5.74) is 0.488. The number of nitrogens with one attached hydrogen (secondary N) is 1. The maximum absolute atomic E-state index is 13.4. The number of benzene rings is 1. The first kappa shape index (κ1) is 21.2. The number of furan rings is 1. The quantitative estimate of drug-likeness (QED) is 0.799. The summed E-state index contributed by atoms with van der Waals surface area (Å²) in [5.74, 6) is 0.126. The zero-order valence-corrected chi connectivity index (χ0v) is 17.8. The van der Waals surface area contributed by atoms with Crippen LogP contribution in [0.4, 0.5) is 0 Å². The van der Waals surface area contributed by atoms with Gasteiger partial charge in [-0.1, -0.05) is 43.2 Å². The maximum Gasteiger partial charge on any atom is 0.226 e. The number of nitriles is 1. The van der Waals surface area contributed by atoms with E-state index < -0.39 is 5.41 Å². The minimum Gasteiger partial charge on any atom is -0.467 e. The van der Waals surface area contributed by atoms with Crippen LogP contribution in [0.2, 0.25) is 0 Å². The Morgan fingerprint density at radius 1 is 1.06 bits per heavy atom. The van der Waals surface area contributed by atoms with E-state index in [4.69, 9.17) is 4.42 Å². The van der Waals surface area contributed by atoms with Crippen LogP contribution in [0.3, 0.4) is 0 Å². The summed E-state index contributed by atoms with van der Waals surface area (Å²) in [6.45, 7) is 1.45. The van der Waals surface area contributed by atoms with Crippen LogP contribution in [-0.2, 0) is 21.5 Å². The van der Waals surface area contributed by atoms with Gasteiger partial charge in [-0.2, -0.15) is 5.26 Å². The molecule has 1 aromatic carbocycles. The highest BCUT2D eigenvalue weighted by molar-refractivity contribution is 5.88. The maximum atomic E-state index is 13.4. The van der Waals surface area contributed by atoms with Crippen LogP contribution in [-0.4, -0.2) is 29.8 Å². The molecule has 2 fully saturated rings. The largest absolute Gasteiger partial charge is 0.467 e. The molecule has 2 aromatic rings. The summed E-state index contributed by atoms with van der Waals surface area (Å²) in [4.78, 5) is 28.1. The minimum absolute atomic E-state index is 0.0671. The Hall–Kier alpha value is -3.07. The van der Waals surface area contributed by atoms with E-state index in [2.05, 4.69) is 11.4 Å². The fraction of sp³-hybridized carbons (Fsp3) is 0.480. The Balaban J connectivity index is 1.39. The van der Waals surface area contributed by atoms with E-state index >= 15 is 0 Å². The number of amides is 2. The van der Waals surface area contributed by atoms with Crippen molar-refractivity contribution in [3.05, 3.63) is 60.1 Å². The van der Waals surface area contributed by atoms with Crippen LogP contribution in [0, 0.1) is 23.2 Å². The molecule has 0 radical (unpaired) electrons. The first-order valence-corrected chi connectivity index (χ1v) is 11.2. The topological polar surface area (TPSA) is 86.3 Å². The number of hydrogen-bond acceptors (Lipinski definition) is 4. The molecule has 4 rings (SSSR count). The Morgan fingerprint density at radius 3 is 2.42 bits per heavy atom. The Labute approximate surface area is 183 Å². The van der Waals surface area contributed by atoms with Gasteiger partial charge in [0.25, 0.3) is 0 Å². The summed E-state index contributed by atoms with van der Waals surface area (Å²) in [7, 11) is 0. The number of likely N-dealkylation sites (tertiary alicyclic amines) is 1. The van der Waals surface area contributed by atoms with Gasteiger partial charge in [-0.05, 0) is 43.4 Å². The molecule has 0 bridgehead atoms. The van der Waals surface area contributed by atoms with Crippen LogP contribution >= 0.6 is 0 Å². The van der Waals surface area contributed by atoms with Crippen molar-refractivity contribution in [2.45, 2.75) is 50.5 Å². The van der Waals surface area contributed by atoms with Gasteiger partial charge in [0.2, 0.25) is 11.8 Å². The van der Waals surface area contributed by atoms with Gasteiger partial charge in [-0.15, -0.1) is 0 Å². The second-order valence-corrected chi connectivity index (χ2v) is 8.68. The summed E-state index contributed by atoms with van der Waals surface area (Å²) < 4.78 is 5.29. The third kappa shape index (κ3) is 4.51. The molecule has 6 heteroatoms. The van der Waals surface area contributed by atoms with Crippen molar-refractivity contribution in [2.24, 2.45) is 11.8 Å². The zero-order chi connectivity index (χ0) is 21.7. The second-order valence-electron chi connectivity index (χ2n) is 8.68. The lowest BCUT2D eigenvalue weighted by Crippen LogP contribution is -2.50. The average Bonchev–Trinajstić information content (AvgIpc) is 3.36. The van der Waals surface area contributed by atoms with Gasteiger partial charge in [0.05, 0.1) is 24.3 Å². The van der Waals surface area contributed by atoms with E-state index in [9.17, 15) is 14.9 Å². The molecule has 2 heterocycles. The Bertz CT molecular complexity index is 925. The predicted octanol–water partition coefficient (Wildman–Crippen LogP) is 3.79. The van der Waals surface area contributed by atoms with Gasteiger partial charge < -0.3 is 14.6 Å². The van der Waals surface area contributed by atoms with E-state index in [0.29, 0.717) is 38.2 Å². The molecule has 1 saturated heterocycles. The van der Waals surface area contributed by atoms with E-state index in [-0.39, 0.29) is 23.7 Å². The van der Waals surface area contributed by atoms with Crippen LogP contribution < -0.4 is 5.32 Å². The summed E-state index contributed by atoms with van der Waals surface area (Å²) in [6.07, 6.45) is 6.26. The van der Waals surface area contributed by atoms with Crippen LogP contribution in [0.15, 0.2) is 53.1 Å². The summed E-state index contributed by atoms with van der Waals surface area (Å²) in [6, 6.07) is 16.0. The van der Waals surface area contributed by atoms with Crippen molar-refractivity contribution in [3.8, 4) is 6.07 Å². The fourth-order valence-electron chi connectivity index (χ4n) is 5.02. The Morgan fingerprint density at radius 2 is 1.77 bits per heavy atom. The number of nitrogens with zero attached hydrogens (tertiary/aromatic N) is 2. The molecule has 1 aliphatic carbocycles. The normalized spacial score (nSPS) is 23.0. The van der Waals surface area contributed by atoms with Crippen molar-refractivity contribution < 1.29 is 14.0 Å². The molecule has 0 spiro atoms. The number of carbonyl (C=O) groups excluding carboxylic acids is 2. The number of rotatable bonds is 5. The molecule has 2 aliphatic rings. The van der Waals surface area contributed by atoms with Gasteiger partial charge in [-0.25, -0.2) is 0 Å².